The molecule has 0 aromatic carbocycles. The van der Waals surface area contributed by atoms with Gasteiger partial charge in [-0.25, -0.2) is 9.59 Å². The van der Waals surface area contributed by atoms with E-state index in [0.29, 0.717) is 0 Å². The summed E-state index contributed by atoms with van der Waals surface area (Å²) in [7, 11) is 0. The first-order chi connectivity index (χ1) is 11.5. The number of carbonyl (C=O) groups excluding carboxylic acids is 1. The predicted molar refractivity (Wildman–Crippen MR) is 89.3 cm³/mol. The Kier molecular flexibility index (Phi) is 5.10. The number of rotatable bonds is 3. The Balaban J connectivity index is 2.40. The molecule has 1 fully saturated rings. The monoisotopic (exact) mass is 355 g/mol. The number of alkyl carbamates (subject to hydrolysis) is 1. The van der Waals surface area contributed by atoms with Gasteiger partial charge in [0.2, 0.25) is 0 Å². The second-order valence-corrected chi connectivity index (χ2v) is 7.43. The Labute approximate surface area is 145 Å². The highest BCUT2D eigenvalue weighted by Crippen LogP contribution is 2.41. The topological polar surface area (TPSA) is 123 Å². The summed E-state index contributed by atoms with van der Waals surface area (Å²) < 4.78 is 12.3. The highest BCUT2D eigenvalue weighted by Gasteiger charge is 2.53. The number of aliphatic hydroxyl groups excluding tert-OH is 1. The average Bonchev–Trinajstić information content (AvgIpc) is 2.69. The molecule has 1 aromatic heterocycles. The molecule has 0 radical (unpaired) electrons. The Hall–Kier alpha value is -2.13. The molecule has 1 aliphatic heterocycles. The highest BCUT2D eigenvalue weighted by atomic mass is 16.6. The zero-order valence-corrected chi connectivity index (χ0v) is 15.0. The van der Waals surface area contributed by atoms with E-state index in [1.165, 1.54) is 16.8 Å². The Morgan fingerprint density at radius 2 is 2.12 bits per heavy atom. The minimum atomic E-state index is -1.04. The molecule has 0 saturated carbocycles. The zero-order chi connectivity index (χ0) is 19.0. The largest absolute Gasteiger partial charge is 0.444 e. The lowest BCUT2D eigenvalue weighted by Gasteiger charge is -2.35. The minimum absolute atomic E-state index is 0.276. The van der Waals surface area contributed by atoms with Gasteiger partial charge in [0.1, 0.15) is 5.60 Å². The zero-order valence-electron chi connectivity index (χ0n) is 15.0. The number of carbonyl (C=O) groups is 1. The number of aliphatic hydroxyl groups is 1. The van der Waals surface area contributed by atoms with Gasteiger partial charge < -0.3 is 19.9 Å². The summed E-state index contributed by atoms with van der Waals surface area (Å²) >= 11 is 0. The van der Waals surface area contributed by atoms with Gasteiger partial charge in [-0.15, -0.1) is 0 Å². The molecule has 3 N–H and O–H groups in total. The fourth-order valence-electron chi connectivity index (χ4n) is 2.90. The van der Waals surface area contributed by atoms with Crippen molar-refractivity contribution in [3.8, 4) is 0 Å². The number of amides is 1. The highest BCUT2D eigenvalue weighted by molar-refractivity contribution is 5.69. The van der Waals surface area contributed by atoms with Gasteiger partial charge in [-0.05, 0) is 27.7 Å². The molecule has 0 spiro atoms. The third-order valence-electron chi connectivity index (χ3n) is 4.37. The lowest BCUT2D eigenvalue weighted by atomic mass is 9.84. The SMILES string of the molecule is C[C@@H]1[C@@H](CO)O[C@@H](n2ccc(=O)[nH]c2=O)[C@]1(C)NC(=O)OC(C)(C)C. The van der Waals surface area contributed by atoms with Gasteiger partial charge in [0.25, 0.3) is 5.56 Å². The number of nitrogens with zero attached hydrogens (tertiary/aromatic N) is 1. The van der Waals surface area contributed by atoms with E-state index in [0.717, 1.165) is 0 Å². The van der Waals surface area contributed by atoms with Crippen LogP contribution in [0.3, 0.4) is 0 Å². The number of H-pyrrole nitrogens is 1. The van der Waals surface area contributed by atoms with Gasteiger partial charge in [-0.3, -0.25) is 14.3 Å². The van der Waals surface area contributed by atoms with Crippen LogP contribution in [0.4, 0.5) is 4.79 Å². The molecule has 2 heterocycles. The molecule has 0 unspecified atom stereocenters. The first kappa shape index (κ1) is 19.2. The first-order valence-corrected chi connectivity index (χ1v) is 8.07. The van der Waals surface area contributed by atoms with Crippen LogP contribution >= 0.6 is 0 Å². The van der Waals surface area contributed by atoms with E-state index in [4.69, 9.17) is 9.47 Å². The Morgan fingerprint density at radius 1 is 1.48 bits per heavy atom. The summed E-state index contributed by atoms with van der Waals surface area (Å²) in [5.41, 5.74) is -2.94. The fourth-order valence-corrected chi connectivity index (χ4v) is 2.90. The maximum atomic E-state index is 12.3. The van der Waals surface area contributed by atoms with E-state index < -0.39 is 40.8 Å². The van der Waals surface area contributed by atoms with Crippen LogP contribution < -0.4 is 16.6 Å². The lowest BCUT2D eigenvalue weighted by molar-refractivity contribution is -0.0456. The van der Waals surface area contributed by atoms with Gasteiger partial charge in [-0.2, -0.15) is 0 Å². The van der Waals surface area contributed by atoms with Crippen LogP contribution in [0, 0.1) is 5.92 Å². The fraction of sp³-hybridized carbons (Fsp3) is 0.688. The van der Waals surface area contributed by atoms with Gasteiger partial charge in [0, 0.05) is 18.2 Å². The number of aromatic amines is 1. The average molecular weight is 355 g/mol. The van der Waals surface area contributed by atoms with E-state index in [-0.39, 0.29) is 12.5 Å². The molecule has 1 saturated heterocycles. The second-order valence-electron chi connectivity index (χ2n) is 7.43. The summed E-state index contributed by atoms with van der Waals surface area (Å²) in [4.78, 5) is 37.9. The summed E-state index contributed by atoms with van der Waals surface area (Å²) in [5, 5.41) is 12.3. The van der Waals surface area contributed by atoms with Crippen LogP contribution in [0.1, 0.15) is 40.8 Å². The number of ether oxygens (including phenoxy) is 2. The standard InChI is InChI=1S/C16H25N3O6/c1-9-10(8-20)24-12(19-7-6-11(21)17-13(19)22)16(9,5)18-14(23)25-15(2,3)4/h6-7,9-10,12,20H,8H2,1-5H3,(H,18,23)(H,17,21,22)/t9-,10-,12-,16-/m1/s1. The molecule has 140 valence electrons. The summed E-state index contributed by atoms with van der Waals surface area (Å²) in [6.07, 6.45) is -0.875. The minimum Gasteiger partial charge on any atom is -0.444 e. The molecule has 25 heavy (non-hydrogen) atoms. The van der Waals surface area contributed by atoms with Crippen molar-refractivity contribution in [1.29, 1.82) is 0 Å². The summed E-state index contributed by atoms with van der Waals surface area (Å²) in [5.74, 6) is -0.325. The Bertz CT molecular complexity index is 749. The van der Waals surface area contributed by atoms with Crippen molar-refractivity contribution in [2.75, 3.05) is 6.61 Å². The van der Waals surface area contributed by atoms with Gasteiger partial charge in [-0.1, -0.05) is 6.92 Å². The van der Waals surface area contributed by atoms with Crippen molar-refractivity contribution >= 4 is 6.09 Å². The van der Waals surface area contributed by atoms with Crippen LogP contribution in [0.15, 0.2) is 21.9 Å². The lowest BCUT2D eigenvalue weighted by Crippen LogP contribution is -2.56. The third kappa shape index (κ3) is 3.93. The van der Waals surface area contributed by atoms with Gasteiger partial charge >= 0.3 is 11.8 Å². The van der Waals surface area contributed by atoms with Crippen LogP contribution in [-0.4, -0.2) is 44.6 Å². The van der Waals surface area contributed by atoms with Crippen molar-refractivity contribution in [3.05, 3.63) is 33.1 Å². The van der Waals surface area contributed by atoms with Crippen LogP contribution in [0.5, 0.6) is 0 Å². The van der Waals surface area contributed by atoms with Gasteiger partial charge in [0.15, 0.2) is 6.23 Å². The van der Waals surface area contributed by atoms with E-state index in [1.54, 1.807) is 34.6 Å². The maximum absolute atomic E-state index is 12.3. The van der Waals surface area contributed by atoms with E-state index in [9.17, 15) is 19.5 Å². The molecular formula is C16H25N3O6. The normalized spacial score (nSPS) is 29.4. The molecular weight excluding hydrogens is 330 g/mol. The molecule has 1 aliphatic rings. The molecule has 1 amide bonds. The van der Waals surface area contributed by atoms with Crippen molar-refractivity contribution in [1.82, 2.24) is 14.9 Å². The Morgan fingerprint density at radius 3 is 2.64 bits per heavy atom. The molecule has 9 nitrogen and oxygen atoms in total. The first-order valence-electron chi connectivity index (χ1n) is 8.07. The van der Waals surface area contributed by atoms with Crippen molar-refractivity contribution in [2.24, 2.45) is 5.92 Å². The van der Waals surface area contributed by atoms with Crippen molar-refractivity contribution < 1.29 is 19.4 Å². The molecule has 0 aliphatic carbocycles. The molecule has 1 aromatic rings. The summed E-state index contributed by atoms with van der Waals surface area (Å²) in [6.45, 7) is 8.45. The van der Waals surface area contributed by atoms with Gasteiger partial charge in [0.05, 0.1) is 18.2 Å². The quantitative estimate of drug-likeness (QED) is 0.719. The van der Waals surface area contributed by atoms with Crippen LogP contribution in [0.25, 0.3) is 0 Å². The number of hydrogen-bond donors (Lipinski definition) is 3. The number of hydrogen-bond acceptors (Lipinski definition) is 6. The predicted octanol–water partition coefficient (Wildman–Crippen LogP) is 0.346. The smallest absolute Gasteiger partial charge is 0.408 e. The molecule has 2 rings (SSSR count). The third-order valence-corrected chi connectivity index (χ3v) is 4.37. The van der Waals surface area contributed by atoms with Crippen LogP contribution in [0.2, 0.25) is 0 Å². The summed E-state index contributed by atoms with van der Waals surface area (Å²) in [6, 6.07) is 1.19. The van der Waals surface area contributed by atoms with E-state index >= 15 is 0 Å². The number of aromatic nitrogens is 2. The molecule has 4 atom stereocenters. The van der Waals surface area contributed by atoms with Crippen molar-refractivity contribution in [3.63, 3.8) is 0 Å². The molecule has 0 bridgehead atoms. The maximum Gasteiger partial charge on any atom is 0.408 e. The number of nitrogens with one attached hydrogen (secondary N) is 2. The van der Waals surface area contributed by atoms with E-state index in [1.807, 2.05) is 0 Å². The van der Waals surface area contributed by atoms with E-state index in [2.05, 4.69) is 10.3 Å². The second kappa shape index (κ2) is 6.64. The van der Waals surface area contributed by atoms with Crippen LogP contribution in [-0.2, 0) is 9.47 Å². The van der Waals surface area contributed by atoms with Crippen molar-refractivity contribution in [2.45, 2.75) is 58.1 Å². The molecule has 9 heteroatoms.